The predicted molar refractivity (Wildman–Crippen MR) is 150 cm³/mol. The van der Waals surface area contributed by atoms with E-state index in [4.69, 9.17) is 13.9 Å². The molecule has 4 aromatic carbocycles. The molecule has 0 fully saturated rings. The largest absolute Gasteiger partial charge is 0.496 e. The van der Waals surface area contributed by atoms with Crippen LogP contribution in [0.25, 0.3) is 38.4 Å². The zero-order chi connectivity index (χ0) is 25.9. The molecule has 5 heteroatoms. The Morgan fingerprint density at radius 2 is 1.73 bits per heavy atom. The standard InChI is InChI=1S/C32H29NO4/c1-5-36-24-15-13-23(14-16-24)33-30(34)17-20(2)27-18-28-29(19-37-32(28)21(3)31(27)35-4)26-12-8-10-22-9-6-7-11-25(22)26/h6-19H,5H2,1-4H3,(H,33,34)/b20-17+. The molecule has 0 radical (unpaired) electrons. The molecule has 1 amide bonds. The number of carbonyl (C=O) groups excluding carboxylic acids is 1. The highest BCUT2D eigenvalue weighted by molar-refractivity contribution is 6.08. The van der Waals surface area contributed by atoms with Crippen molar-refractivity contribution in [1.82, 2.24) is 0 Å². The summed E-state index contributed by atoms with van der Waals surface area (Å²) in [5, 5.41) is 6.23. The first-order valence-corrected chi connectivity index (χ1v) is 12.3. The lowest BCUT2D eigenvalue weighted by Gasteiger charge is -2.14. The molecule has 186 valence electrons. The summed E-state index contributed by atoms with van der Waals surface area (Å²) in [6, 6.07) is 24.0. The van der Waals surface area contributed by atoms with Gasteiger partial charge in [-0.15, -0.1) is 0 Å². The quantitative estimate of drug-likeness (QED) is 0.234. The van der Waals surface area contributed by atoms with E-state index in [2.05, 4.69) is 41.7 Å². The van der Waals surface area contributed by atoms with Gasteiger partial charge in [0.2, 0.25) is 5.91 Å². The molecular formula is C32H29NO4. The molecule has 0 aliphatic carbocycles. The fourth-order valence-corrected chi connectivity index (χ4v) is 4.79. The molecule has 0 unspecified atom stereocenters. The first-order valence-electron chi connectivity index (χ1n) is 12.3. The summed E-state index contributed by atoms with van der Waals surface area (Å²) in [7, 11) is 1.64. The van der Waals surface area contributed by atoms with Gasteiger partial charge in [0.05, 0.1) is 20.0 Å². The number of rotatable bonds is 7. The lowest BCUT2D eigenvalue weighted by Crippen LogP contribution is -2.08. The maximum atomic E-state index is 12.9. The van der Waals surface area contributed by atoms with Crippen LogP contribution in [0.5, 0.6) is 11.5 Å². The van der Waals surface area contributed by atoms with E-state index < -0.39 is 0 Å². The molecule has 1 N–H and O–H groups in total. The van der Waals surface area contributed by atoms with Crippen molar-refractivity contribution in [3.63, 3.8) is 0 Å². The van der Waals surface area contributed by atoms with Crippen molar-refractivity contribution in [3.8, 4) is 22.6 Å². The molecule has 5 nitrogen and oxygen atoms in total. The van der Waals surface area contributed by atoms with Gasteiger partial charge in [0.1, 0.15) is 17.1 Å². The minimum atomic E-state index is -0.220. The molecule has 1 heterocycles. The second kappa shape index (κ2) is 10.2. The van der Waals surface area contributed by atoms with Crippen molar-refractivity contribution < 1.29 is 18.7 Å². The monoisotopic (exact) mass is 491 g/mol. The number of allylic oxidation sites excluding steroid dienone is 1. The zero-order valence-corrected chi connectivity index (χ0v) is 21.4. The van der Waals surface area contributed by atoms with Crippen molar-refractivity contribution in [2.45, 2.75) is 20.8 Å². The summed E-state index contributed by atoms with van der Waals surface area (Å²) in [6.45, 7) is 6.43. The van der Waals surface area contributed by atoms with Gasteiger partial charge in [-0.3, -0.25) is 4.79 Å². The smallest absolute Gasteiger partial charge is 0.248 e. The SMILES string of the molecule is CCOc1ccc(NC(=O)/C=C(\C)c2cc3c(-c4cccc5ccccc45)coc3c(C)c2OC)cc1. The number of ether oxygens (including phenoxy) is 2. The Labute approximate surface area is 216 Å². The molecule has 0 saturated carbocycles. The third-order valence-corrected chi connectivity index (χ3v) is 6.53. The van der Waals surface area contributed by atoms with Gasteiger partial charge in [-0.25, -0.2) is 0 Å². The van der Waals surface area contributed by atoms with Crippen LogP contribution >= 0.6 is 0 Å². The number of anilines is 1. The average Bonchev–Trinajstić information content (AvgIpc) is 3.33. The third kappa shape index (κ3) is 4.68. The molecule has 37 heavy (non-hydrogen) atoms. The first-order chi connectivity index (χ1) is 18.0. The fraction of sp³-hybridized carbons (Fsp3) is 0.156. The van der Waals surface area contributed by atoms with Crippen molar-refractivity contribution in [3.05, 3.63) is 96.3 Å². The van der Waals surface area contributed by atoms with E-state index in [1.165, 1.54) is 5.39 Å². The molecule has 0 aliphatic heterocycles. The van der Waals surface area contributed by atoms with E-state index in [9.17, 15) is 4.79 Å². The second-order valence-corrected chi connectivity index (χ2v) is 8.91. The Morgan fingerprint density at radius 3 is 2.49 bits per heavy atom. The van der Waals surface area contributed by atoms with E-state index in [-0.39, 0.29) is 5.91 Å². The molecule has 0 spiro atoms. The van der Waals surface area contributed by atoms with Gasteiger partial charge in [-0.2, -0.15) is 0 Å². The van der Waals surface area contributed by atoms with Gasteiger partial charge >= 0.3 is 0 Å². The lowest BCUT2D eigenvalue weighted by molar-refractivity contribution is -0.111. The van der Waals surface area contributed by atoms with Crippen molar-refractivity contribution in [2.24, 2.45) is 0 Å². The summed E-state index contributed by atoms with van der Waals surface area (Å²) < 4.78 is 17.3. The summed E-state index contributed by atoms with van der Waals surface area (Å²) >= 11 is 0. The minimum Gasteiger partial charge on any atom is -0.496 e. The number of benzene rings is 4. The number of nitrogens with one attached hydrogen (secondary N) is 1. The van der Waals surface area contributed by atoms with Crippen LogP contribution in [0.15, 0.2) is 89.6 Å². The molecule has 1 aromatic heterocycles. The normalized spacial score (nSPS) is 11.6. The first kappa shape index (κ1) is 24.2. The Hall–Kier alpha value is -4.51. The molecule has 0 bridgehead atoms. The number of methoxy groups -OCH3 is 1. The molecule has 0 saturated heterocycles. The van der Waals surface area contributed by atoms with Crippen molar-refractivity contribution >= 4 is 38.9 Å². The summed E-state index contributed by atoms with van der Waals surface area (Å²) in [4.78, 5) is 12.9. The minimum absolute atomic E-state index is 0.220. The van der Waals surface area contributed by atoms with Crippen LogP contribution in [0.4, 0.5) is 5.69 Å². The van der Waals surface area contributed by atoms with Gasteiger partial charge in [0, 0.05) is 33.8 Å². The van der Waals surface area contributed by atoms with Crippen LogP contribution < -0.4 is 14.8 Å². The summed E-state index contributed by atoms with van der Waals surface area (Å²) in [5.74, 6) is 1.24. The van der Waals surface area contributed by atoms with Crippen LogP contribution in [-0.2, 0) is 4.79 Å². The number of amides is 1. The molecule has 0 aliphatic rings. The summed E-state index contributed by atoms with van der Waals surface area (Å²) in [5.41, 5.74) is 6.10. The van der Waals surface area contributed by atoms with Crippen LogP contribution in [-0.4, -0.2) is 19.6 Å². The molecule has 5 aromatic rings. The molecule has 5 rings (SSSR count). The number of aryl methyl sites for hydroxylation is 1. The number of carbonyl (C=O) groups is 1. The predicted octanol–water partition coefficient (Wildman–Crippen LogP) is 8.01. The van der Waals surface area contributed by atoms with Gasteiger partial charge < -0.3 is 19.2 Å². The average molecular weight is 492 g/mol. The third-order valence-electron chi connectivity index (χ3n) is 6.53. The van der Waals surface area contributed by atoms with E-state index >= 15 is 0 Å². The van der Waals surface area contributed by atoms with E-state index in [0.29, 0.717) is 18.0 Å². The highest BCUT2D eigenvalue weighted by atomic mass is 16.5. The van der Waals surface area contributed by atoms with Crippen LogP contribution in [0, 0.1) is 6.92 Å². The molecular weight excluding hydrogens is 462 g/mol. The number of fused-ring (bicyclic) bond motifs is 2. The van der Waals surface area contributed by atoms with Gasteiger partial charge in [0.25, 0.3) is 0 Å². The van der Waals surface area contributed by atoms with Gasteiger partial charge in [-0.1, -0.05) is 42.5 Å². The second-order valence-electron chi connectivity index (χ2n) is 8.91. The Balaban J connectivity index is 1.54. The van der Waals surface area contributed by atoms with Gasteiger partial charge in [-0.05, 0) is 73.0 Å². The molecule has 0 atom stereocenters. The Kier molecular flexibility index (Phi) is 6.69. The maximum Gasteiger partial charge on any atom is 0.248 e. The topological polar surface area (TPSA) is 60.7 Å². The van der Waals surface area contributed by atoms with E-state index in [1.807, 2.05) is 57.2 Å². The summed E-state index contributed by atoms with van der Waals surface area (Å²) in [6.07, 6.45) is 3.40. The van der Waals surface area contributed by atoms with E-state index in [0.717, 1.165) is 49.9 Å². The Bertz CT molecular complexity index is 1620. The van der Waals surface area contributed by atoms with Crippen LogP contribution in [0.1, 0.15) is 25.0 Å². The zero-order valence-electron chi connectivity index (χ0n) is 21.4. The maximum absolute atomic E-state index is 12.9. The number of furan rings is 1. The van der Waals surface area contributed by atoms with Crippen LogP contribution in [0.2, 0.25) is 0 Å². The van der Waals surface area contributed by atoms with E-state index in [1.54, 1.807) is 19.4 Å². The number of hydrogen-bond donors (Lipinski definition) is 1. The number of hydrogen-bond acceptors (Lipinski definition) is 4. The highest BCUT2D eigenvalue weighted by Gasteiger charge is 2.19. The van der Waals surface area contributed by atoms with Crippen LogP contribution in [0.3, 0.4) is 0 Å². The highest BCUT2D eigenvalue weighted by Crippen LogP contribution is 2.42. The lowest BCUT2D eigenvalue weighted by atomic mass is 9.94. The van der Waals surface area contributed by atoms with Crippen molar-refractivity contribution in [1.29, 1.82) is 0 Å². The Morgan fingerprint density at radius 1 is 0.973 bits per heavy atom. The fourth-order valence-electron chi connectivity index (χ4n) is 4.79. The van der Waals surface area contributed by atoms with Gasteiger partial charge in [0.15, 0.2) is 0 Å². The van der Waals surface area contributed by atoms with Crippen molar-refractivity contribution in [2.75, 3.05) is 19.0 Å².